The number of benzene rings is 1. The van der Waals surface area contributed by atoms with E-state index in [9.17, 15) is 9.18 Å². The first kappa shape index (κ1) is 9.74. The number of hydrogen-bond acceptors (Lipinski definition) is 1. The lowest BCUT2D eigenvalue weighted by Gasteiger charge is -1.98. The number of halogens is 2. The number of carbonyl (C=O) groups excluding carboxylic acids is 1. The minimum absolute atomic E-state index is 0.169. The van der Waals surface area contributed by atoms with Crippen molar-refractivity contribution in [3.63, 3.8) is 0 Å². The molecule has 0 aliphatic carbocycles. The second-order valence-electron chi connectivity index (χ2n) is 2.37. The summed E-state index contributed by atoms with van der Waals surface area (Å²) in [6.45, 7) is 0. The van der Waals surface area contributed by atoms with Crippen molar-refractivity contribution < 1.29 is 9.18 Å². The van der Waals surface area contributed by atoms with Gasteiger partial charge >= 0.3 is 0 Å². The Balaban J connectivity index is 3.06. The Kier molecular flexibility index (Phi) is 3.03. The van der Waals surface area contributed by atoms with Gasteiger partial charge in [0.25, 0.3) is 0 Å². The molecule has 1 amide bonds. The van der Waals surface area contributed by atoms with Crippen molar-refractivity contribution in [1.82, 2.24) is 0 Å². The molecule has 0 aliphatic heterocycles. The lowest BCUT2D eigenvalue weighted by atomic mass is 10.2. The van der Waals surface area contributed by atoms with Gasteiger partial charge in [-0.2, -0.15) is 0 Å². The van der Waals surface area contributed by atoms with Gasteiger partial charge in [0, 0.05) is 11.6 Å². The molecule has 0 bridgehead atoms. The molecule has 2 N–H and O–H groups in total. The van der Waals surface area contributed by atoms with Gasteiger partial charge in [-0.05, 0) is 18.2 Å². The van der Waals surface area contributed by atoms with Crippen molar-refractivity contribution in [2.75, 3.05) is 0 Å². The maximum absolute atomic E-state index is 13.0. The van der Waals surface area contributed by atoms with Crippen LogP contribution in [0.2, 0.25) is 5.02 Å². The first-order valence-corrected chi connectivity index (χ1v) is 3.90. The van der Waals surface area contributed by atoms with Gasteiger partial charge in [0.2, 0.25) is 5.91 Å². The molecule has 68 valence electrons. The zero-order valence-corrected chi connectivity index (χ0v) is 7.38. The van der Waals surface area contributed by atoms with Crippen molar-refractivity contribution in [3.05, 3.63) is 40.7 Å². The summed E-state index contributed by atoms with van der Waals surface area (Å²) in [7, 11) is 0. The number of amides is 1. The van der Waals surface area contributed by atoms with Crippen molar-refractivity contribution in [2.45, 2.75) is 0 Å². The molecule has 0 fully saturated rings. The van der Waals surface area contributed by atoms with Gasteiger partial charge in [0.1, 0.15) is 5.82 Å². The third-order valence-corrected chi connectivity index (χ3v) is 1.74. The molecule has 0 saturated heterocycles. The molecule has 0 radical (unpaired) electrons. The SMILES string of the molecule is NC(=O)C=Cc1c(F)cccc1Cl. The second-order valence-corrected chi connectivity index (χ2v) is 2.78. The van der Waals surface area contributed by atoms with Crippen LogP contribution >= 0.6 is 11.6 Å². The Labute approximate surface area is 79.8 Å². The quantitative estimate of drug-likeness (QED) is 0.728. The molecule has 1 rings (SSSR count). The highest BCUT2D eigenvalue weighted by Crippen LogP contribution is 2.19. The van der Waals surface area contributed by atoms with Crippen LogP contribution in [0.4, 0.5) is 4.39 Å². The van der Waals surface area contributed by atoms with Crippen molar-refractivity contribution in [2.24, 2.45) is 5.73 Å². The van der Waals surface area contributed by atoms with Crippen LogP contribution in [0.1, 0.15) is 5.56 Å². The predicted octanol–water partition coefficient (Wildman–Crippen LogP) is 1.98. The van der Waals surface area contributed by atoms with Crippen LogP contribution in [-0.2, 0) is 4.79 Å². The van der Waals surface area contributed by atoms with Crippen molar-refractivity contribution in [1.29, 1.82) is 0 Å². The van der Waals surface area contributed by atoms with Crippen LogP contribution in [0.25, 0.3) is 6.08 Å². The molecule has 0 aliphatic rings. The number of rotatable bonds is 2. The molecule has 0 spiro atoms. The van der Waals surface area contributed by atoms with E-state index in [-0.39, 0.29) is 10.6 Å². The Morgan fingerprint density at radius 3 is 2.77 bits per heavy atom. The lowest BCUT2D eigenvalue weighted by Crippen LogP contribution is -2.05. The average molecular weight is 200 g/mol. The predicted molar refractivity (Wildman–Crippen MR) is 49.6 cm³/mol. The summed E-state index contributed by atoms with van der Waals surface area (Å²) in [5.74, 6) is -1.12. The summed E-state index contributed by atoms with van der Waals surface area (Å²) >= 11 is 5.67. The molecule has 2 nitrogen and oxygen atoms in total. The highest BCUT2D eigenvalue weighted by molar-refractivity contribution is 6.32. The number of nitrogens with two attached hydrogens (primary N) is 1. The normalized spacial score (nSPS) is 10.6. The van der Waals surface area contributed by atoms with Crippen molar-refractivity contribution >= 4 is 23.6 Å². The zero-order chi connectivity index (χ0) is 9.84. The van der Waals surface area contributed by atoms with E-state index in [1.165, 1.54) is 24.3 Å². The molecule has 4 heteroatoms. The van der Waals surface area contributed by atoms with Crippen LogP contribution in [-0.4, -0.2) is 5.91 Å². The monoisotopic (exact) mass is 199 g/mol. The minimum Gasteiger partial charge on any atom is -0.366 e. The molecular formula is C9H7ClFNO. The molecule has 0 saturated carbocycles. The average Bonchev–Trinajstić information content (AvgIpc) is 2.03. The van der Waals surface area contributed by atoms with E-state index in [4.69, 9.17) is 17.3 Å². The van der Waals surface area contributed by atoms with Gasteiger partial charge in [0.05, 0.1) is 5.02 Å². The smallest absolute Gasteiger partial charge is 0.241 e. The highest BCUT2D eigenvalue weighted by atomic mass is 35.5. The summed E-state index contributed by atoms with van der Waals surface area (Å²) in [5.41, 5.74) is 5.02. The van der Waals surface area contributed by atoms with Crippen LogP contribution in [0.15, 0.2) is 24.3 Å². The number of hydrogen-bond donors (Lipinski definition) is 1. The molecule has 0 aromatic heterocycles. The lowest BCUT2D eigenvalue weighted by molar-refractivity contribution is -0.113. The fraction of sp³-hybridized carbons (Fsp3) is 0. The van der Waals surface area contributed by atoms with E-state index in [0.29, 0.717) is 0 Å². The Morgan fingerprint density at radius 1 is 1.54 bits per heavy atom. The number of carbonyl (C=O) groups is 1. The summed E-state index contributed by atoms with van der Waals surface area (Å²) in [6.07, 6.45) is 2.31. The summed E-state index contributed by atoms with van der Waals surface area (Å²) in [5, 5.41) is 0.248. The van der Waals surface area contributed by atoms with Gasteiger partial charge in [-0.15, -0.1) is 0 Å². The van der Waals surface area contributed by atoms with Crippen LogP contribution in [0.3, 0.4) is 0 Å². The molecule has 13 heavy (non-hydrogen) atoms. The standard InChI is InChI=1S/C9H7ClFNO/c10-7-2-1-3-8(11)6(7)4-5-9(12)13/h1-5H,(H2,12,13). The van der Waals surface area contributed by atoms with Gasteiger partial charge in [-0.3, -0.25) is 4.79 Å². The topological polar surface area (TPSA) is 43.1 Å². The van der Waals surface area contributed by atoms with Gasteiger partial charge in [-0.25, -0.2) is 4.39 Å². The first-order chi connectivity index (χ1) is 6.11. The second kappa shape index (κ2) is 4.05. The molecule has 1 aromatic carbocycles. The number of primary amides is 1. The van der Waals surface area contributed by atoms with E-state index >= 15 is 0 Å². The first-order valence-electron chi connectivity index (χ1n) is 3.53. The maximum atomic E-state index is 13.0. The fourth-order valence-electron chi connectivity index (χ4n) is 0.835. The van der Waals surface area contributed by atoms with E-state index < -0.39 is 11.7 Å². The Hall–Kier alpha value is -1.35. The zero-order valence-electron chi connectivity index (χ0n) is 6.63. The van der Waals surface area contributed by atoms with Crippen LogP contribution in [0.5, 0.6) is 0 Å². The fourth-order valence-corrected chi connectivity index (χ4v) is 1.06. The Bertz CT molecular complexity index is 342. The Morgan fingerprint density at radius 2 is 2.23 bits per heavy atom. The molecular weight excluding hydrogens is 193 g/mol. The van der Waals surface area contributed by atoms with E-state index in [1.807, 2.05) is 0 Å². The summed E-state index contributed by atoms with van der Waals surface area (Å²) in [6, 6.07) is 4.27. The van der Waals surface area contributed by atoms with Crippen molar-refractivity contribution in [3.8, 4) is 0 Å². The molecule has 0 heterocycles. The molecule has 0 atom stereocenters. The third kappa shape index (κ3) is 2.56. The third-order valence-electron chi connectivity index (χ3n) is 1.41. The van der Waals surface area contributed by atoms with Gasteiger partial charge in [-0.1, -0.05) is 17.7 Å². The van der Waals surface area contributed by atoms with E-state index in [2.05, 4.69) is 0 Å². The minimum atomic E-state index is -0.640. The van der Waals surface area contributed by atoms with Gasteiger partial charge in [0.15, 0.2) is 0 Å². The molecule has 1 aromatic rings. The molecule has 0 unspecified atom stereocenters. The van der Waals surface area contributed by atoms with Crippen LogP contribution in [0, 0.1) is 5.82 Å². The summed E-state index contributed by atoms with van der Waals surface area (Å²) in [4.78, 5) is 10.4. The van der Waals surface area contributed by atoms with Gasteiger partial charge < -0.3 is 5.73 Å². The largest absolute Gasteiger partial charge is 0.366 e. The van der Waals surface area contributed by atoms with Crippen LogP contribution < -0.4 is 5.73 Å². The van der Waals surface area contributed by atoms with E-state index in [0.717, 1.165) is 6.08 Å². The maximum Gasteiger partial charge on any atom is 0.241 e. The van der Waals surface area contributed by atoms with E-state index in [1.54, 1.807) is 0 Å². The highest BCUT2D eigenvalue weighted by Gasteiger charge is 2.02. The summed E-state index contributed by atoms with van der Waals surface area (Å²) < 4.78 is 13.0.